The van der Waals surface area contributed by atoms with E-state index in [1.54, 1.807) is 32.0 Å². The van der Waals surface area contributed by atoms with Crippen LogP contribution in [-0.4, -0.2) is 39.8 Å². The Balaban J connectivity index is 1.71. The second-order valence-corrected chi connectivity index (χ2v) is 7.15. The number of aromatic nitrogens is 1. The molecule has 1 saturated heterocycles. The van der Waals surface area contributed by atoms with Crippen molar-refractivity contribution in [3.05, 3.63) is 23.2 Å². The van der Waals surface area contributed by atoms with Gasteiger partial charge in [0.1, 0.15) is 12.1 Å². The zero-order valence-electron chi connectivity index (χ0n) is 13.1. The number of thiazole rings is 1. The van der Waals surface area contributed by atoms with Gasteiger partial charge < -0.3 is 10.6 Å². The summed E-state index contributed by atoms with van der Waals surface area (Å²) in [5.41, 5.74) is -0.238. The molecule has 1 aromatic carbocycles. The number of hydrogen-bond acceptors (Lipinski definition) is 5. The van der Waals surface area contributed by atoms with Crippen LogP contribution in [0.4, 0.5) is 9.93 Å². The monoisotopic (exact) mass is 366 g/mol. The molecule has 24 heavy (non-hydrogen) atoms. The SMILES string of the molecule is CC[C@]1(C)NC(=O)N(CC(=O)Nc2nc3ccc(Cl)cc3s2)C1=O. The molecule has 0 bridgehead atoms. The van der Waals surface area contributed by atoms with Gasteiger partial charge in [0, 0.05) is 5.02 Å². The number of imide groups is 1. The third kappa shape index (κ3) is 2.94. The van der Waals surface area contributed by atoms with Gasteiger partial charge in [-0.2, -0.15) is 0 Å². The third-order valence-corrected chi connectivity index (χ3v) is 5.12. The van der Waals surface area contributed by atoms with Gasteiger partial charge in [0.25, 0.3) is 5.91 Å². The predicted octanol–water partition coefficient (Wildman–Crippen LogP) is 2.61. The molecular weight excluding hydrogens is 352 g/mol. The Morgan fingerprint density at radius 2 is 2.21 bits per heavy atom. The fraction of sp³-hybridized carbons (Fsp3) is 0.333. The lowest BCUT2D eigenvalue weighted by molar-refractivity contribution is -0.133. The molecule has 0 aliphatic carbocycles. The lowest BCUT2D eigenvalue weighted by atomic mass is 9.99. The molecule has 0 unspecified atom stereocenters. The molecule has 2 heterocycles. The summed E-state index contributed by atoms with van der Waals surface area (Å²) in [5, 5.41) is 6.20. The van der Waals surface area contributed by atoms with Crippen LogP contribution < -0.4 is 10.6 Å². The van der Waals surface area contributed by atoms with E-state index in [9.17, 15) is 14.4 Å². The number of nitrogens with zero attached hydrogens (tertiary/aromatic N) is 2. The molecule has 2 N–H and O–H groups in total. The van der Waals surface area contributed by atoms with Crippen LogP contribution >= 0.6 is 22.9 Å². The summed E-state index contributed by atoms with van der Waals surface area (Å²) in [4.78, 5) is 41.5. The normalized spacial score (nSPS) is 20.5. The summed E-state index contributed by atoms with van der Waals surface area (Å²) < 4.78 is 0.839. The number of urea groups is 1. The molecule has 1 fully saturated rings. The van der Waals surface area contributed by atoms with Gasteiger partial charge in [-0.25, -0.2) is 9.78 Å². The third-order valence-electron chi connectivity index (χ3n) is 3.95. The van der Waals surface area contributed by atoms with E-state index in [4.69, 9.17) is 11.6 Å². The summed E-state index contributed by atoms with van der Waals surface area (Å²) in [5.74, 6) is -0.884. The van der Waals surface area contributed by atoms with Crippen LogP contribution in [0.15, 0.2) is 18.2 Å². The van der Waals surface area contributed by atoms with Crippen LogP contribution in [0.3, 0.4) is 0 Å². The molecule has 4 amide bonds. The van der Waals surface area contributed by atoms with Gasteiger partial charge in [-0.15, -0.1) is 0 Å². The Labute approximate surface area is 147 Å². The van der Waals surface area contributed by atoms with Crippen molar-refractivity contribution < 1.29 is 14.4 Å². The molecule has 1 aliphatic heterocycles. The van der Waals surface area contributed by atoms with E-state index in [2.05, 4.69) is 15.6 Å². The Bertz CT molecular complexity index is 852. The minimum absolute atomic E-state index is 0.350. The molecule has 3 rings (SSSR count). The van der Waals surface area contributed by atoms with Gasteiger partial charge in [0.2, 0.25) is 5.91 Å². The van der Waals surface area contributed by atoms with E-state index < -0.39 is 23.4 Å². The summed E-state index contributed by atoms with van der Waals surface area (Å²) in [6.07, 6.45) is 0.453. The van der Waals surface area contributed by atoms with Gasteiger partial charge in [0.15, 0.2) is 5.13 Å². The number of benzene rings is 1. The number of hydrogen-bond donors (Lipinski definition) is 2. The first-order valence-corrected chi connectivity index (χ1v) is 8.52. The minimum Gasteiger partial charge on any atom is -0.323 e. The Hall–Kier alpha value is -2.19. The molecule has 0 saturated carbocycles. The first-order chi connectivity index (χ1) is 11.3. The van der Waals surface area contributed by atoms with Crippen LogP contribution in [0.25, 0.3) is 10.2 Å². The summed E-state index contributed by atoms with van der Waals surface area (Å²) >= 11 is 7.19. The number of rotatable bonds is 4. The maximum Gasteiger partial charge on any atom is 0.325 e. The maximum atomic E-state index is 12.3. The fourth-order valence-corrected chi connectivity index (χ4v) is 3.54. The number of halogens is 1. The number of carbonyl (C=O) groups is 3. The smallest absolute Gasteiger partial charge is 0.323 e. The van der Waals surface area contributed by atoms with Gasteiger partial charge in [-0.1, -0.05) is 29.9 Å². The summed E-state index contributed by atoms with van der Waals surface area (Å²) in [6, 6.07) is 4.67. The second kappa shape index (κ2) is 6.03. The van der Waals surface area contributed by atoms with Crippen molar-refractivity contribution in [2.75, 3.05) is 11.9 Å². The topological polar surface area (TPSA) is 91.4 Å². The van der Waals surface area contributed by atoms with Crippen LogP contribution in [0.5, 0.6) is 0 Å². The molecule has 0 spiro atoms. The molecule has 126 valence electrons. The number of nitrogens with one attached hydrogen (secondary N) is 2. The predicted molar refractivity (Wildman–Crippen MR) is 92.2 cm³/mol. The van der Waals surface area contributed by atoms with Crippen LogP contribution in [-0.2, 0) is 9.59 Å². The molecule has 9 heteroatoms. The Morgan fingerprint density at radius 3 is 2.88 bits per heavy atom. The number of amides is 4. The zero-order chi connectivity index (χ0) is 17.5. The van der Waals surface area contributed by atoms with Crippen molar-refractivity contribution in [3.63, 3.8) is 0 Å². The molecule has 1 aromatic heterocycles. The first-order valence-electron chi connectivity index (χ1n) is 7.32. The molecule has 1 atom stereocenters. The first kappa shape index (κ1) is 16.7. The van der Waals surface area contributed by atoms with Crippen molar-refractivity contribution in [1.29, 1.82) is 0 Å². The van der Waals surface area contributed by atoms with E-state index in [1.807, 2.05) is 0 Å². The molecule has 7 nitrogen and oxygen atoms in total. The van der Waals surface area contributed by atoms with E-state index in [-0.39, 0.29) is 6.54 Å². The van der Waals surface area contributed by atoms with Gasteiger partial charge >= 0.3 is 6.03 Å². The Kier molecular flexibility index (Phi) is 4.18. The van der Waals surface area contributed by atoms with Gasteiger partial charge in [-0.05, 0) is 31.5 Å². The standard InChI is InChI=1S/C15H15ClN4O3S/c1-3-15(2)12(22)20(14(23)19-15)7-11(21)18-13-17-9-5-4-8(16)6-10(9)24-13/h4-6H,3,7H2,1-2H3,(H,19,23)(H,17,18,21)/t15-/m0/s1. The van der Waals surface area contributed by atoms with Gasteiger partial charge in [-0.3, -0.25) is 14.5 Å². The van der Waals surface area contributed by atoms with Crippen LogP contribution in [0.1, 0.15) is 20.3 Å². The summed E-state index contributed by atoms with van der Waals surface area (Å²) in [6.45, 7) is 3.09. The maximum absolute atomic E-state index is 12.3. The quantitative estimate of drug-likeness (QED) is 0.813. The molecule has 1 aliphatic rings. The average Bonchev–Trinajstić information content (AvgIpc) is 3.00. The fourth-order valence-electron chi connectivity index (χ4n) is 2.38. The van der Waals surface area contributed by atoms with Crippen LogP contribution in [0, 0.1) is 0 Å². The molecular formula is C15H15ClN4O3S. The minimum atomic E-state index is -0.954. The van der Waals surface area contributed by atoms with Crippen molar-refractivity contribution in [2.45, 2.75) is 25.8 Å². The highest BCUT2D eigenvalue weighted by molar-refractivity contribution is 7.22. The largest absolute Gasteiger partial charge is 0.325 e. The van der Waals surface area contributed by atoms with Crippen molar-refractivity contribution in [3.8, 4) is 0 Å². The average molecular weight is 367 g/mol. The lowest BCUT2D eigenvalue weighted by Gasteiger charge is -2.18. The van der Waals surface area contributed by atoms with E-state index >= 15 is 0 Å². The van der Waals surface area contributed by atoms with Crippen molar-refractivity contribution in [2.24, 2.45) is 0 Å². The number of anilines is 1. The van der Waals surface area contributed by atoms with E-state index in [0.29, 0.717) is 22.1 Å². The highest BCUT2D eigenvalue weighted by Gasteiger charge is 2.46. The molecule has 2 aromatic rings. The van der Waals surface area contributed by atoms with Crippen molar-refractivity contribution >= 4 is 56.1 Å². The zero-order valence-corrected chi connectivity index (χ0v) is 14.6. The van der Waals surface area contributed by atoms with E-state index in [0.717, 1.165) is 9.60 Å². The van der Waals surface area contributed by atoms with Gasteiger partial charge in [0.05, 0.1) is 10.2 Å². The molecule has 0 radical (unpaired) electrons. The number of fused-ring (bicyclic) bond motifs is 1. The number of carbonyl (C=O) groups excluding carboxylic acids is 3. The second-order valence-electron chi connectivity index (χ2n) is 5.69. The Morgan fingerprint density at radius 1 is 1.46 bits per heavy atom. The van der Waals surface area contributed by atoms with Crippen molar-refractivity contribution in [1.82, 2.24) is 15.2 Å². The highest BCUT2D eigenvalue weighted by Crippen LogP contribution is 2.28. The highest BCUT2D eigenvalue weighted by atomic mass is 35.5. The summed E-state index contributed by atoms with van der Waals surface area (Å²) in [7, 11) is 0. The lowest BCUT2D eigenvalue weighted by Crippen LogP contribution is -2.44. The van der Waals surface area contributed by atoms with Crippen LogP contribution in [0.2, 0.25) is 5.02 Å². The van der Waals surface area contributed by atoms with E-state index in [1.165, 1.54) is 11.3 Å².